The van der Waals surface area contributed by atoms with E-state index in [1.807, 2.05) is 0 Å². The van der Waals surface area contributed by atoms with Gasteiger partial charge in [-0.2, -0.15) is 0 Å². The van der Waals surface area contributed by atoms with Crippen LogP contribution in [0.1, 0.15) is 19.3 Å². The summed E-state index contributed by atoms with van der Waals surface area (Å²) in [7, 11) is 0. The highest BCUT2D eigenvalue weighted by Gasteiger charge is 2.20. The maximum atomic E-state index is 13.3. The molecule has 0 aromatic heterocycles. The van der Waals surface area contributed by atoms with Crippen LogP contribution in [0, 0.1) is 11.6 Å². The molecule has 1 aliphatic carbocycles. The lowest BCUT2D eigenvalue weighted by molar-refractivity contribution is 0.240. The normalized spacial score (nSPS) is 15.2. The molecule has 1 aromatic rings. The number of hydrogen-bond acceptors (Lipinski definition) is 2. The molecule has 0 unspecified atom stereocenters. The van der Waals surface area contributed by atoms with Crippen LogP contribution in [0.15, 0.2) is 12.1 Å². The van der Waals surface area contributed by atoms with Crippen molar-refractivity contribution in [2.75, 3.05) is 11.1 Å². The minimum absolute atomic E-state index is 0.124. The minimum Gasteiger partial charge on any atom is -0.396 e. The molecule has 4 N–H and O–H groups in total. The third-order valence-electron chi connectivity index (χ3n) is 2.77. The first-order valence-electron chi connectivity index (χ1n) is 5.38. The van der Waals surface area contributed by atoms with Gasteiger partial charge < -0.3 is 16.4 Å². The number of urea groups is 1. The summed E-state index contributed by atoms with van der Waals surface area (Å²) in [5, 5.41) is 4.98. The van der Waals surface area contributed by atoms with E-state index in [1.54, 1.807) is 0 Å². The van der Waals surface area contributed by atoms with Crippen molar-refractivity contribution in [3.63, 3.8) is 0 Å². The average Bonchev–Trinajstić information content (AvgIpc) is 2.20. The molecule has 1 saturated carbocycles. The summed E-state index contributed by atoms with van der Waals surface area (Å²) < 4.78 is 26.2. The van der Waals surface area contributed by atoms with Gasteiger partial charge in [0.05, 0.1) is 11.4 Å². The Labute approximate surface area is 97.2 Å². The Morgan fingerprint density at radius 3 is 2.59 bits per heavy atom. The number of anilines is 2. The Hall–Kier alpha value is -1.85. The lowest BCUT2D eigenvalue weighted by Crippen LogP contribution is -2.42. The fourth-order valence-electron chi connectivity index (χ4n) is 1.56. The highest BCUT2D eigenvalue weighted by atomic mass is 19.1. The zero-order valence-electron chi connectivity index (χ0n) is 9.09. The van der Waals surface area contributed by atoms with Crippen molar-refractivity contribution in [1.29, 1.82) is 0 Å². The molecule has 6 heteroatoms. The number of benzene rings is 1. The number of amides is 2. The number of halogens is 2. The molecule has 0 heterocycles. The Balaban J connectivity index is 2.02. The molecule has 4 nitrogen and oxygen atoms in total. The van der Waals surface area contributed by atoms with Gasteiger partial charge in [0.1, 0.15) is 11.6 Å². The Kier molecular flexibility index (Phi) is 3.12. The van der Waals surface area contributed by atoms with Gasteiger partial charge in [0.25, 0.3) is 0 Å². The molecule has 0 bridgehead atoms. The number of rotatable bonds is 2. The number of nitrogen functional groups attached to an aromatic ring is 1. The van der Waals surface area contributed by atoms with Crippen LogP contribution in [0.2, 0.25) is 0 Å². The first kappa shape index (κ1) is 11.6. The average molecular weight is 241 g/mol. The highest BCUT2D eigenvalue weighted by Crippen LogP contribution is 2.22. The lowest BCUT2D eigenvalue weighted by atomic mass is 9.93. The molecule has 1 aliphatic rings. The second-order valence-electron chi connectivity index (χ2n) is 4.08. The smallest absolute Gasteiger partial charge is 0.319 e. The largest absolute Gasteiger partial charge is 0.396 e. The molecule has 0 radical (unpaired) electrons. The monoisotopic (exact) mass is 241 g/mol. The molecule has 0 aliphatic heterocycles. The van der Waals surface area contributed by atoms with E-state index < -0.39 is 17.7 Å². The van der Waals surface area contributed by atoms with E-state index in [-0.39, 0.29) is 17.4 Å². The van der Waals surface area contributed by atoms with E-state index in [9.17, 15) is 13.6 Å². The predicted molar refractivity (Wildman–Crippen MR) is 60.6 cm³/mol. The van der Waals surface area contributed by atoms with Crippen molar-refractivity contribution in [3.8, 4) is 0 Å². The molecule has 1 aromatic carbocycles. The van der Waals surface area contributed by atoms with Crippen LogP contribution >= 0.6 is 0 Å². The third kappa shape index (κ3) is 2.64. The summed E-state index contributed by atoms with van der Waals surface area (Å²) in [6, 6.07) is 1.36. The second-order valence-corrected chi connectivity index (χ2v) is 4.08. The Bertz CT molecular complexity index is 447. The molecule has 0 atom stereocenters. The van der Waals surface area contributed by atoms with Gasteiger partial charge in [-0.3, -0.25) is 0 Å². The molecular weight excluding hydrogens is 228 g/mol. The third-order valence-corrected chi connectivity index (χ3v) is 2.77. The fourth-order valence-corrected chi connectivity index (χ4v) is 1.56. The second kappa shape index (κ2) is 4.57. The summed E-state index contributed by atoms with van der Waals surface area (Å²) in [5.74, 6) is -1.69. The number of nitrogens with two attached hydrogens (primary N) is 1. The van der Waals surface area contributed by atoms with Crippen molar-refractivity contribution in [3.05, 3.63) is 23.8 Å². The standard InChI is InChI=1S/C11H13F2N3O/c12-7-4-8(13)10(5-9(7)14)16-11(17)15-6-2-1-3-6/h4-6H,1-3,14H2,(H2,15,16,17). The molecule has 0 spiro atoms. The number of carbonyl (C=O) groups is 1. The zero-order valence-corrected chi connectivity index (χ0v) is 9.09. The molecule has 17 heavy (non-hydrogen) atoms. The number of nitrogens with one attached hydrogen (secondary N) is 2. The number of hydrogen-bond donors (Lipinski definition) is 3. The first-order chi connectivity index (χ1) is 8.06. The molecule has 92 valence electrons. The quantitative estimate of drug-likeness (QED) is 0.695. The number of carbonyl (C=O) groups excluding carboxylic acids is 1. The van der Waals surface area contributed by atoms with E-state index in [1.165, 1.54) is 0 Å². The van der Waals surface area contributed by atoms with Crippen LogP contribution in [0.3, 0.4) is 0 Å². The summed E-state index contributed by atoms with van der Waals surface area (Å²) in [6.45, 7) is 0. The van der Waals surface area contributed by atoms with Gasteiger partial charge in [0, 0.05) is 12.1 Å². The zero-order chi connectivity index (χ0) is 12.4. The maximum absolute atomic E-state index is 13.3. The van der Waals surface area contributed by atoms with Gasteiger partial charge in [-0.15, -0.1) is 0 Å². The van der Waals surface area contributed by atoms with Crippen molar-refractivity contribution < 1.29 is 13.6 Å². The van der Waals surface area contributed by atoms with Crippen molar-refractivity contribution in [2.24, 2.45) is 0 Å². The highest BCUT2D eigenvalue weighted by molar-refractivity contribution is 5.90. The van der Waals surface area contributed by atoms with E-state index in [2.05, 4.69) is 10.6 Å². The van der Waals surface area contributed by atoms with Gasteiger partial charge >= 0.3 is 6.03 Å². The van der Waals surface area contributed by atoms with Gasteiger partial charge in [-0.1, -0.05) is 0 Å². The van der Waals surface area contributed by atoms with E-state index >= 15 is 0 Å². The van der Waals surface area contributed by atoms with Crippen LogP contribution < -0.4 is 16.4 Å². The first-order valence-corrected chi connectivity index (χ1v) is 5.38. The summed E-state index contributed by atoms with van der Waals surface area (Å²) in [4.78, 5) is 11.4. The van der Waals surface area contributed by atoms with Crippen LogP contribution in [0.4, 0.5) is 25.0 Å². The molecule has 0 saturated heterocycles. The molecule has 2 amide bonds. The van der Waals surface area contributed by atoms with Gasteiger partial charge in [-0.05, 0) is 25.3 Å². The van der Waals surface area contributed by atoms with Crippen molar-refractivity contribution in [2.45, 2.75) is 25.3 Å². The van der Waals surface area contributed by atoms with Crippen LogP contribution in [0.25, 0.3) is 0 Å². The molecule has 1 fully saturated rings. The SMILES string of the molecule is Nc1cc(NC(=O)NC2CCC2)c(F)cc1F. The van der Waals surface area contributed by atoms with Crippen LogP contribution in [-0.2, 0) is 0 Å². The summed E-state index contributed by atoms with van der Waals surface area (Å²) in [6.07, 6.45) is 2.95. The van der Waals surface area contributed by atoms with Crippen molar-refractivity contribution in [1.82, 2.24) is 5.32 Å². The van der Waals surface area contributed by atoms with Gasteiger partial charge in [0.15, 0.2) is 0 Å². The summed E-state index contributed by atoms with van der Waals surface area (Å²) in [5.41, 5.74) is 4.96. The fraction of sp³-hybridized carbons (Fsp3) is 0.364. The van der Waals surface area contributed by atoms with Gasteiger partial charge in [-0.25, -0.2) is 13.6 Å². The maximum Gasteiger partial charge on any atom is 0.319 e. The van der Waals surface area contributed by atoms with Crippen molar-refractivity contribution >= 4 is 17.4 Å². The Morgan fingerprint density at radius 2 is 2.00 bits per heavy atom. The van der Waals surface area contributed by atoms with Crippen LogP contribution in [0.5, 0.6) is 0 Å². The van der Waals surface area contributed by atoms with Gasteiger partial charge in [0.2, 0.25) is 0 Å². The molecule has 2 rings (SSSR count). The van der Waals surface area contributed by atoms with E-state index in [4.69, 9.17) is 5.73 Å². The lowest BCUT2D eigenvalue weighted by Gasteiger charge is -2.26. The topological polar surface area (TPSA) is 67.1 Å². The molecular formula is C11H13F2N3O. The van der Waals surface area contributed by atoms with E-state index in [0.717, 1.165) is 25.3 Å². The predicted octanol–water partition coefficient (Wildman–Crippen LogP) is 2.22. The van der Waals surface area contributed by atoms with Crippen LogP contribution in [-0.4, -0.2) is 12.1 Å². The minimum atomic E-state index is -0.847. The van der Waals surface area contributed by atoms with E-state index in [0.29, 0.717) is 6.07 Å². The Morgan fingerprint density at radius 1 is 1.29 bits per heavy atom. The summed E-state index contributed by atoms with van der Waals surface area (Å²) >= 11 is 0.